The van der Waals surface area contributed by atoms with Crippen molar-refractivity contribution in [3.8, 4) is 5.75 Å². The number of carboxylic acid groups (broad SMARTS) is 3. The Hall–Kier alpha value is -11.5. The number of carboxylic acids is 3. The number of rotatable bonds is 45. The molecule has 0 aliphatic carbocycles. The van der Waals surface area contributed by atoms with Crippen LogP contribution in [0.15, 0.2) is 29.3 Å². The molecule has 1 aromatic carbocycles. The van der Waals surface area contributed by atoms with Gasteiger partial charge in [-0.05, 0) is 56.2 Å². The van der Waals surface area contributed by atoms with E-state index in [4.69, 9.17) is 17.2 Å². The van der Waals surface area contributed by atoms with E-state index < -0.39 is 245 Å². The SMILES string of the molecule is CC(=O)N[C@@H](CS)C(=O)NCC(=O)NCC(=O)N[C@@H](CCC(=O)O)C(=O)NCC(=O)N[C@@H](Cc1ccc(O)cc1)C(=O)NCC(=O)N[C@@H](CCC(=O)O)C(=O)NCC(=O)N[C@@H](CCCN=C(N)N)C(=O)NCC(=O)N[C@@H](CC(=O)O)C(=O)N[C@@H](CO)C(=O)N1CCC[C@H]1C(=O)NCC(N)=O. The van der Waals surface area contributed by atoms with Crippen LogP contribution in [0.5, 0.6) is 5.75 Å². The van der Waals surface area contributed by atoms with Crippen molar-refractivity contribution >= 4 is 131 Å². The molecule has 1 aliphatic heterocycles. The summed E-state index contributed by atoms with van der Waals surface area (Å²) < 4.78 is 0. The number of benzene rings is 1. The summed E-state index contributed by atoms with van der Waals surface area (Å²) in [5, 5.41) is 79.1. The molecule has 25 N–H and O–H groups in total. The maximum absolute atomic E-state index is 13.7. The third kappa shape index (κ3) is 34.0. The lowest BCUT2D eigenvalue weighted by molar-refractivity contribution is -0.144. The number of carbonyl (C=O) groups is 19. The van der Waals surface area contributed by atoms with E-state index in [1.165, 1.54) is 24.3 Å². The molecule has 43 nitrogen and oxygen atoms in total. The molecule has 1 aromatic rings. The topological polar surface area (TPSA) is 688 Å². The summed E-state index contributed by atoms with van der Waals surface area (Å²) in [4.78, 5) is 246. The molecule has 1 heterocycles. The van der Waals surface area contributed by atoms with Crippen LogP contribution in [0.1, 0.15) is 70.3 Å². The van der Waals surface area contributed by atoms with E-state index in [0.717, 1.165) is 11.8 Å². The molecule has 1 aliphatic rings. The number of aliphatic hydroxyl groups excluding tert-OH is 1. The number of carbonyl (C=O) groups excluding carboxylic acids is 16. The summed E-state index contributed by atoms with van der Waals surface area (Å²) in [5.74, 6) is -21.1. The van der Waals surface area contributed by atoms with Gasteiger partial charge < -0.3 is 122 Å². The zero-order valence-corrected chi connectivity index (χ0v) is 54.7. The largest absolute Gasteiger partial charge is 0.508 e. The number of phenolic OH excluding ortho intramolecular Hbond substituents is 1. The van der Waals surface area contributed by atoms with E-state index >= 15 is 0 Å². The summed E-state index contributed by atoms with van der Waals surface area (Å²) in [6.07, 6.45) is -3.82. The smallest absolute Gasteiger partial charge is 0.305 e. The highest BCUT2D eigenvalue weighted by atomic mass is 32.1. The third-order valence-corrected chi connectivity index (χ3v) is 14.1. The van der Waals surface area contributed by atoms with Crippen LogP contribution < -0.4 is 91.6 Å². The standard InChI is InChI=1S/C56H83N19O24S/c1-27(77)68-36(26-100)52(96)63-19-39(80)61-20-40(81)70-31(10-12-45(86)87)49(93)66-23-43(84)72-33(16-28-6-8-29(78)9-7-28)51(95)67-22-42(83)71-32(11-13-46(88)89)50(94)65-21-41(82)69-30(4-2-14-60-56(58)59)48(92)64-24-44(85)73-34(17-47(90)91)53(97)74-35(25-76)55(99)75-15-3-5-37(75)54(98)62-18-38(57)79/h6-9,30-37,76,78,100H,2-5,10-26H2,1H3,(H2,57,79)(H,61,80)(H,62,98)(H,63,96)(H,64,92)(H,65,94)(H,66,93)(H,67,95)(H,68,77)(H,69,82)(H,70,81)(H,71,83)(H,72,84)(H,73,85)(H,74,97)(H,86,87)(H,88,89)(H,90,91)(H4,58,59,60)/t30-,31-,32-,33-,34-,35-,36-,37-/m0/s1. The number of aliphatic imine (C=N–C) groups is 1. The van der Waals surface area contributed by atoms with Gasteiger partial charge in [-0.1, -0.05) is 12.1 Å². The van der Waals surface area contributed by atoms with Gasteiger partial charge in [-0.25, -0.2) is 0 Å². The van der Waals surface area contributed by atoms with Crippen LogP contribution in [-0.2, 0) is 97.5 Å². The van der Waals surface area contributed by atoms with Crippen molar-refractivity contribution in [3.05, 3.63) is 29.8 Å². The first-order valence-electron chi connectivity index (χ1n) is 30.4. The van der Waals surface area contributed by atoms with Gasteiger partial charge in [-0.3, -0.25) is 96.1 Å². The number of thiol groups is 1. The second-order valence-corrected chi connectivity index (χ2v) is 22.2. The predicted molar refractivity (Wildman–Crippen MR) is 343 cm³/mol. The van der Waals surface area contributed by atoms with Crippen molar-refractivity contribution in [3.63, 3.8) is 0 Å². The van der Waals surface area contributed by atoms with Gasteiger partial charge in [0, 0.05) is 45.0 Å². The summed E-state index contributed by atoms with van der Waals surface area (Å²) in [6.45, 7) is -5.81. The Morgan fingerprint density at radius 3 is 1.37 bits per heavy atom. The predicted octanol–water partition coefficient (Wildman–Crippen LogP) is -12.2. The molecular formula is C56H83N19O24S. The van der Waals surface area contributed by atoms with Crippen LogP contribution in [0, 0.1) is 0 Å². The molecule has 0 unspecified atom stereocenters. The van der Waals surface area contributed by atoms with E-state index in [1.54, 1.807) is 0 Å². The third-order valence-electron chi connectivity index (χ3n) is 13.8. The van der Waals surface area contributed by atoms with Gasteiger partial charge in [-0.2, -0.15) is 12.6 Å². The average Bonchev–Trinajstić information content (AvgIpc) is 1.65. The number of primary amides is 1. The monoisotopic (exact) mass is 1440 g/mol. The molecule has 0 radical (unpaired) electrons. The van der Waals surface area contributed by atoms with Crippen molar-refractivity contribution in [1.29, 1.82) is 0 Å². The fourth-order valence-corrected chi connectivity index (χ4v) is 9.18. The second kappa shape index (κ2) is 44.4. The van der Waals surface area contributed by atoms with Gasteiger partial charge in [0.05, 0.1) is 58.8 Å². The fraction of sp³-hybridized carbons (Fsp3) is 0.536. The van der Waals surface area contributed by atoms with Crippen molar-refractivity contribution in [1.82, 2.24) is 79.3 Å². The lowest BCUT2D eigenvalue weighted by Gasteiger charge is -2.28. The van der Waals surface area contributed by atoms with E-state index in [1.807, 2.05) is 0 Å². The van der Waals surface area contributed by atoms with Crippen molar-refractivity contribution in [2.45, 2.75) is 119 Å². The molecule has 0 aromatic heterocycles. The lowest BCUT2D eigenvalue weighted by Crippen LogP contribution is -2.58. The number of nitrogens with one attached hydrogen (secondary N) is 14. The fourth-order valence-electron chi connectivity index (χ4n) is 8.92. The molecule has 8 atom stereocenters. The minimum Gasteiger partial charge on any atom is -0.508 e. The summed E-state index contributed by atoms with van der Waals surface area (Å²) in [7, 11) is 0. The van der Waals surface area contributed by atoms with E-state index in [0.29, 0.717) is 12.0 Å². The number of nitrogens with zero attached hydrogens (tertiary/aromatic N) is 2. The number of aliphatic hydroxyl groups is 1. The first-order chi connectivity index (χ1) is 47.1. The molecule has 0 saturated carbocycles. The highest BCUT2D eigenvalue weighted by Crippen LogP contribution is 2.19. The Morgan fingerprint density at radius 1 is 0.510 bits per heavy atom. The first kappa shape index (κ1) is 84.6. The molecule has 0 spiro atoms. The maximum Gasteiger partial charge on any atom is 0.305 e. The van der Waals surface area contributed by atoms with Crippen molar-refractivity contribution in [2.24, 2.45) is 22.2 Å². The molecule has 2 rings (SSSR count). The van der Waals surface area contributed by atoms with Gasteiger partial charge in [0.1, 0.15) is 54.1 Å². The average molecular weight is 1440 g/mol. The number of likely N-dealkylation sites (tertiary alicyclic amines) is 1. The first-order valence-corrected chi connectivity index (χ1v) is 31.0. The minimum atomic E-state index is -1.94. The number of hydrogen-bond acceptors (Lipinski definition) is 23. The Kier molecular flexibility index (Phi) is 37.5. The van der Waals surface area contributed by atoms with Gasteiger partial charge in [0.15, 0.2) is 5.96 Å². The molecule has 0 bridgehead atoms. The van der Waals surface area contributed by atoms with E-state index in [9.17, 15) is 117 Å². The van der Waals surface area contributed by atoms with Crippen molar-refractivity contribution in [2.75, 3.05) is 71.3 Å². The van der Waals surface area contributed by atoms with Crippen LogP contribution in [-0.4, -0.2) is 268 Å². The van der Waals surface area contributed by atoms with Gasteiger partial charge in [0.25, 0.3) is 0 Å². The van der Waals surface area contributed by atoms with E-state index in [2.05, 4.69) is 92.1 Å². The van der Waals surface area contributed by atoms with Crippen LogP contribution in [0.2, 0.25) is 0 Å². The summed E-state index contributed by atoms with van der Waals surface area (Å²) in [6, 6.07) is -7.18. The van der Waals surface area contributed by atoms with Crippen LogP contribution in [0.3, 0.4) is 0 Å². The lowest BCUT2D eigenvalue weighted by atomic mass is 10.0. The normalized spacial score (nSPS) is 14.2. The second-order valence-electron chi connectivity index (χ2n) is 21.8. The van der Waals surface area contributed by atoms with E-state index in [-0.39, 0.29) is 56.2 Å². The number of guanidine groups is 1. The Balaban J connectivity index is 2.15. The molecule has 552 valence electrons. The number of aromatic hydroxyl groups is 1. The molecule has 16 amide bonds. The number of nitrogens with two attached hydrogens (primary N) is 3. The quantitative estimate of drug-likeness (QED) is 0.0125. The number of amides is 16. The van der Waals surface area contributed by atoms with Crippen LogP contribution in [0.4, 0.5) is 0 Å². The zero-order valence-electron chi connectivity index (χ0n) is 53.8. The molecule has 44 heteroatoms. The maximum atomic E-state index is 13.7. The highest BCUT2D eigenvalue weighted by molar-refractivity contribution is 7.80. The molecular weight excluding hydrogens is 1350 g/mol. The zero-order chi connectivity index (χ0) is 75.2. The molecule has 1 fully saturated rings. The number of hydrogen-bond donors (Lipinski definition) is 23. The van der Waals surface area contributed by atoms with Crippen LogP contribution >= 0.6 is 12.6 Å². The number of phenols is 1. The summed E-state index contributed by atoms with van der Waals surface area (Å²) >= 11 is 3.96. The molecule has 1 saturated heterocycles. The number of aliphatic carboxylic acids is 3. The van der Waals surface area contributed by atoms with Crippen LogP contribution in [0.25, 0.3) is 0 Å². The van der Waals surface area contributed by atoms with Gasteiger partial charge in [0.2, 0.25) is 94.5 Å². The Labute approximate surface area is 573 Å². The minimum absolute atomic E-state index is 0.0126. The highest BCUT2D eigenvalue weighted by Gasteiger charge is 2.39. The van der Waals surface area contributed by atoms with Crippen molar-refractivity contribution < 1.29 is 117 Å². The molecule has 100 heavy (non-hydrogen) atoms. The van der Waals surface area contributed by atoms with Gasteiger partial charge >= 0.3 is 17.9 Å². The van der Waals surface area contributed by atoms with Gasteiger partial charge in [-0.15, -0.1) is 0 Å². The Bertz CT molecular complexity index is 3190. The Morgan fingerprint density at radius 2 is 0.940 bits per heavy atom. The summed E-state index contributed by atoms with van der Waals surface area (Å²) in [5.41, 5.74) is 16.2.